The molecule has 1 unspecified atom stereocenters. The molecular formula is C25H24F3NO6S2. The molecule has 2 heterocycles. The van der Waals surface area contributed by atoms with Gasteiger partial charge in [-0.2, -0.15) is 0 Å². The maximum absolute atomic E-state index is 13.5. The average molecular weight is 556 g/mol. The van der Waals surface area contributed by atoms with Crippen LogP contribution in [0.3, 0.4) is 0 Å². The topological polar surface area (TPSA) is 98.3 Å². The molecule has 12 heteroatoms. The number of carbonyl (C=O) groups is 1. The fraction of sp³-hybridized carbons (Fsp3) is 0.240. The van der Waals surface area contributed by atoms with E-state index in [0.717, 1.165) is 21.3 Å². The summed E-state index contributed by atoms with van der Waals surface area (Å²) in [4.78, 5) is 12.6. The van der Waals surface area contributed by atoms with Crippen molar-refractivity contribution in [3.63, 3.8) is 0 Å². The van der Waals surface area contributed by atoms with Gasteiger partial charge in [-0.15, -0.1) is 24.5 Å². The number of esters is 1. The summed E-state index contributed by atoms with van der Waals surface area (Å²) in [6.07, 6.45) is -2.39. The highest BCUT2D eigenvalue weighted by Gasteiger charge is 2.31. The van der Waals surface area contributed by atoms with E-state index in [2.05, 4.69) is 4.74 Å². The molecule has 0 aliphatic rings. The van der Waals surface area contributed by atoms with Crippen LogP contribution in [-0.4, -0.2) is 39.7 Å². The smallest absolute Gasteiger partial charge is 0.497 e. The highest BCUT2D eigenvalue weighted by atomic mass is 32.2. The van der Waals surface area contributed by atoms with Crippen LogP contribution >= 0.6 is 11.3 Å². The summed E-state index contributed by atoms with van der Waals surface area (Å²) in [5.74, 6) is 0.0212. The Hall–Kier alpha value is -3.35. The van der Waals surface area contributed by atoms with Gasteiger partial charge in [0.2, 0.25) is 0 Å². The van der Waals surface area contributed by atoms with Crippen molar-refractivity contribution in [3.8, 4) is 21.9 Å². The molecule has 4 rings (SSSR count). The lowest BCUT2D eigenvalue weighted by atomic mass is 10.1. The van der Waals surface area contributed by atoms with E-state index in [9.17, 15) is 22.2 Å². The number of hydrogen-bond donors (Lipinski definition) is 0. The summed E-state index contributed by atoms with van der Waals surface area (Å²) >= 11 is 1.28. The number of halogens is 3. The van der Waals surface area contributed by atoms with Crippen molar-refractivity contribution in [3.05, 3.63) is 66.4 Å². The lowest BCUT2D eigenvalue weighted by Crippen LogP contribution is -2.16. The number of hydrogen-bond acceptors (Lipinski definition) is 6. The normalized spacial score (nSPS) is 12.1. The average Bonchev–Trinajstić information content (AvgIpc) is 3.47. The van der Waals surface area contributed by atoms with Crippen molar-refractivity contribution >= 4 is 39.2 Å². The van der Waals surface area contributed by atoms with Crippen LogP contribution in [0.1, 0.15) is 18.9 Å². The van der Waals surface area contributed by atoms with Crippen molar-refractivity contribution in [2.45, 2.75) is 30.3 Å². The van der Waals surface area contributed by atoms with E-state index in [0.29, 0.717) is 28.5 Å². The second-order valence-corrected chi connectivity index (χ2v) is 10.3. The molecule has 0 spiro atoms. The van der Waals surface area contributed by atoms with Crippen LogP contribution in [-0.2, 0) is 26.9 Å². The van der Waals surface area contributed by atoms with E-state index in [1.807, 2.05) is 12.1 Å². The van der Waals surface area contributed by atoms with Crippen molar-refractivity contribution < 1.29 is 41.9 Å². The number of carbonyl (C=O) groups excluding carboxylic acids is 1. The SMILES string of the molecule is CCOC(=O)CCc1cn(S(=O)c2ccc(-c3ccc(OC(F)(F)F)cc3)s2)c2ccc(OC)cc12.O. The van der Waals surface area contributed by atoms with E-state index in [4.69, 9.17) is 9.47 Å². The Morgan fingerprint density at radius 2 is 1.76 bits per heavy atom. The summed E-state index contributed by atoms with van der Waals surface area (Å²) < 4.78 is 67.3. The van der Waals surface area contributed by atoms with Crippen LogP contribution in [0.15, 0.2) is 65.0 Å². The first-order valence-corrected chi connectivity index (χ1v) is 12.8. The number of rotatable bonds is 9. The fourth-order valence-corrected chi connectivity index (χ4v) is 6.14. The van der Waals surface area contributed by atoms with Crippen LogP contribution in [0.25, 0.3) is 21.3 Å². The number of aryl methyl sites for hydroxylation is 1. The molecule has 0 aliphatic carbocycles. The molecule has 0 radical (unpaired) electrons. The van der Waals surface area contributed by atoms with Crippen molar-refractivity contribution in [2.24, 2.45) is 0 Å². The molecule has 0 saturated heterocycles. The second-order valence-electron chi connectivity index (χ2n) is 7.61. The largest absolute Gasteiger partial charge is 0.573 e. The van der Waals surface area contributed by atoms with Gasteiger partial charge in [0.25, 0.3) is 0 Å². The predicted molar refractivity (Wildman–Crippen MR) is 135 cm³/mol. The first kappa shape index (κ1) is 28.2. The Labute approximate surface area is 217 Å². The third kappa shape index (κ3) is 6.70. The standard InChI is InChI=1S/C25H22F3NO5S2.H2O/c1-3-33-23(30)12-6-17-15-29(21-10-9-19(32-2)14-20(17)21)36(31)24-13-11-22(35-24)16-4-7-18(8-5-16)34-25(26,27)28;/h4-5,7-11,13-15H,3,6,12H2,1-2H3;1H2. The van der Waals surface area contributed by atoms with Gasteiger partial charge in [-0.05, 0) is 79.1 Å². The Balaban J connectivity index is 0.00000380. The minimum absolute atomic E-state index is 0. The van der Waals surface area contributed by atoms with E-state index in [1.54, 1.807) is 42.4 Å². The maximum atomic E-state index is 13.5. The van der Waals surface area contributed by atoms with Gasteiger partial charge < -0.3 is 19.7 Å². The second kappa shape index (κ2) is 11.8. The van der Waals surface area contributed by atoms with E-state index < -0.39 is 17.3 Å². The minimum Gasteiger partial charge on any atom is -0.497 e. The molecule has 7 nitrogen and oxygen atoms in total. The Morgan fingerprint density at radius 1 is 1.05 bits per heavy atom. The maximum Gasteiger partial charge on any atom is 0.573 e. The molecule has 4 aromatic rings. The van der Waals surface area contributed by atoms with Gasteiger partial charge in [0.1, 0.15) is 15.7 Å². The third-order valence-corrected chi connectivity index (χ3v) is 8.01. The van der Waals surface area contributed by atoms with Gasteiger partial charge >= 0.3 is 12.3 Å². The van der Waals surface area contributed by atoms with Gasteiger partial charge in [-0.3, -0.25) is 8.77 Å². The van der Waals surface area contributed by atoms with Gasteiger partial charge in [-0.25, -0.2) is 4.21 Å². The molecule has 198 valence electrons. The summed E-state index contributed by atoms with van der Waals surface area (Å²) in [6, 6.07) is 14.4. The van der Waals surface area contributed by atoms with Gasteiger partial charge in [0.15, 0.2) is 11.0 Å². The number of nitrogens with zero attached hydrogens (tertiary/aromatic N) is 1. The molecule has 37 heavy (non-hydrogen) atoms. The molecule has 0 fully saturated rings. The summed E-state index contributed by atoms with van der Waals surface area (Å²) in [6.45, 7) is 2.05. The number of ether oxygens (including phenoxy) is 3. The molecule has 2 aromatic heterocycles. The zero-order valence-electron chi connectivity index (χ0n) is 19.8. The zero-order chi connectivity index (χ0) is 25.9. The lowest BCUT2D eigenvalue weighted by Gasteiger charge is -2.08. The number of alkyl halides is 3. The molecule has 2 N–H and O–H groups in total. The zero-order valence-corrected chi connectivity index (χ0v) is 21.5. The number of methoxy groups -OCH3 is 1. The van der Waals surface area contributed by atoms with Gasteiger partial charge in [0.05, 0.1) is 19.2 Å². The van der Waals surface area contributed by atoms with Crippen LogP contribution in [0, 0.1) is 0 Å². The summed E-state index contributed by atoms with van der Waals surface area (Å²) in [7, 11) is -0.0337. The van der Waals surface area contributed by atoms with Crippen LogP contribution < -0.4 is 9.47 Å². The third-order valence-electron chi connectivity index (χ3n) is 5.27. The van der Waals surface area contributed by atoms with E-state index in [1.165, 1.54) is 35.6 Å². The molecule has 0 amide bonds. The molecule has 2 aromatic carbocycles. The fourth-order valence-electron chi connectivity index (χ4n) is 3.67. The molecular weight excluding hydrogens is 531 g/mol. The minimum atomic E-state index is -4.76. The number of benzene rings is 2. The first-order chi connectivity index (χ1) is 17.2. The quantitative estimate of drug-likeness (QED) is 0.253. The van der Waals surface area contributed by atoms with Crippen LogP contribution in [0.5, 0.6) is 11.5 Å². The highest BCUT2D eigenvalue weighted by Crippen LogP contribution is 2.34. The van der Waals surface area contributed by atoms with Crippen molar-refractivity contribution in [2.75, 3.05) is 13.7 Å². The summed E-state index contributed by atoms with van der Waals surface area (Å²) in [5, 5.41) is 0.823. The Kier molecular flexibility index (Phi) is 9.00. The van der Waals surface area contributed by atoms with Gasteiger partial charge in [0, 0.05) is 22.9 Å². The van der Waals surface area contributed by atoms with Gasteiger partial charge in [-0.1, -0.05) is 0 Å². The molecule has 1 atom stereocenters. The monoisotopic (exact) mass is 555 g/mol. The predicted octanol–water partition coefficient (Wildman–Crippen LogP) is 5.52. The van der Waals surface area contributed by atoms with Crippen LogP contribution in [0.2, 0.25) is 0 Å². The molecule has 0 bridgehead atoms. The molecule has 0 saturated carbocycles. The Bertz CT molecular complexity index is 1400. The lowest BCUT2D eigenvalue weighted by molar-refractivity contribution is -0.274. The Morgan fingerprint density at radius 3 is 2.41 bits per heavy atom. The summed E-state index contributed by atoms with van der Waals surface area (Å²) in [5.41, 5.74) is 2.23. The van der Waals surface area contributed by atoms with E-state index in [-0.39, 0.29) is 23.6 Å². The van der Waals surface area contributed by atoms with Crippen LogP contribution in [0.4, 0.5) is 13.2 Å². The number of fused-ring (bicyclic) bond motifs is 1. The highest BCUT2D eigenvalue weighted by molar-refractivity contribution is 7.86. The van der Waals surface area contributed by atoms with Crippen molar-refractivity contribution in [1.82, 2.24) is 3.97 Å². The van der Waals surface area contributed by atoms with E-state index >= 15 is 0 Å². The first-order valence-electron chi connectivity index (χ1n) is 10.9. The van der Waals surface area contributed by atoms with Crippen molar-refractivity contribution in [1.29, 1.82) is 0 Å². The number of thiophene rings is 1. The molecule has 0 aliphatic heterocycles. The number of aromatic nitrogens is 1.